The lowest BCUT2D eigenvalue weighted by Gasteiger charge is -2.16. The molecule has 0 radical (unpaired) electrons. The SMILES string of the molecule is Cc1ccc(N2C(=O)C(Cl)=C(Nc3ccc(CC(=O)Nc4cccc(C(F)(F)F)c4)cc3)C2=O)cc1Cl. The lowest BCUT2D eigenvalue weighted by atomic mass is 10.1. The van der Waals surface area contributed by atoms with Gasteiger partial charge in [-0.2, -0.15) is 13.2 Å². The largest absolute Gasteiger partial charge is 0.416 e. The molecule has 1 aliphatic heterocycles. The number of alkyl halides is 3. The summed E-state index contributed by atoms with van der Waals surface area (Å²) < 4.78 is 38.6. The van der Waals surface area contributed by atoms with Crippen LogP contribution in [-0.4, -0.2) is 17.7 Å². The van der Waals surface area contributed by atoms with Crippen LogP contribution in [0, 0.1) is 6.92 Å². The molecule has 3 amide bonds. The van der Waals surface area contributed by atoms with Crippen molar-refractivity contribution >= 4 is 58.0 Å². The van der Waals surface area contributed by atoms with E-state index in [1.165, 1.54) is 18.2 Å². The molecule has 0 saturated carbocycles. The van der Waals surface area contributed by atoms with Crippen molar-refractivity contribution in [1.82, 2.24) is 0 Å². The first kappa shape index (κ1) is 26.2. The number of benzene rings is 3. The number of aryl methyl sites for hydroxylation is 1. The van der Waals surface area contributed by atoms with E-state index in [9.17, 15) is 27.6 Å². The van der Waals surface area contributed by atoms with E-state index in [2.05, 4.69) is 10.6 Å². The zero-order valence-electron chi connectivity index (χ0n) is 19.1. The first-order valence-electron chi connectivity index (χ1n) is 10.8. The van der Waals surface area contributed by atoms with Crippen molar-refractivity contribution in [2.45, 2.75) is 19.5 Å². The summed E-state index contributed by atoms with van der Waals surface area (Å²) in [5, 5.41) is 5.38. The highest BCUT2D eigenvalue weighted by atomic mass is 35.5. The molecule has 0 unspecified atom stereocenters. The maximum Gasteiger partial charge on any atom is 0.416 e. The third kappa shape index (κ3) is 5.79. The highest BCUT2D eigenvalue weighted by Gasteiger charge is 2.39. The van der Waals surface area contributed by atoms with Gasteiger partial charge in [-0.15, -0.1) is 0 Å². The second-order valence-corrected chi connectivity index (χ2v) is 8.98. The molecule has 0 saturated heterocycles. The molecule has 6 nitrogen and oxygen atoms in total. The van der Waals surface area contributed by atoms with E-state index >= 15 is 0 Å². The number of anilines is 3. The number of hydrogen-bond donors (Lipinski definition) is 2. The zero-order chi connectivity index (χ0) is 26.9. The number of nitrogens with one attached hydrogen (secondary N) is 2. The molecule has 0 fully saturated rings. The monoisotopic (exact) mass is 547 g/mol. The number of rotatable bonds is 6. The predicted molar refractivity (Wildman–Crippen MR) is 135 cm³/mol. The molecule has 0 bridgehead atoms. The van der Waals surface area contributed by atoms with Gasteiger partial charge >= 0.3 is 6.18 Å². The van der Waals surface area contributed by atoms with E-state index in [0.29, 0.717) is 16.3 Å². The van der Waals surface area contributed by atoms with Gasteiger partial charge in [0.1, 0.15) is 10.7 Å². The average Bonchev–Trinajstić information content (AvgIpc) is 3.04. The summed E-state index contributed by atoms with van der Waals surface area (Å²) in [5.74, 6) is -1.86. The lowest BCUT2D eigenvalue weighted by molar-refractivity contribution is -0.137. The topological polar surface area (TPSA) is 78.5 Å². The molecule has 3 aromatic carbocycles. The lowest BCUT2D eigenvalue weighted by Crippen LogP contribution is -2.32. The fraction of sp³-hybridized carbons (Fsp3) is 0.115. The van der Waals surface area contributed by atoms with Gasteiger partial charge in [-0.25, -0.2) is 4.90 Å². The number of imide groups is 1. The Morgan fingerprint density at radius 1 is 0.919 bits per heavy atom. The Balaban J connectivity index is 1.41. The van der Waals surface area contributed by atoms with Crippen molar-refractivity contribution in [3.8, 4) is 0 Å². The van der Waals surface area contributed by atoms with Gasteiger partial charge in [0, 0.05) is 16.4 Å². The molecule has 4 rings (SSSR count). The van der Waals surface area contributed by atoms with Crippen molar-refractivity contribution < 1.29 is 27.6 Å². The Hall–Kier alpha value is -3.82. The van der Waals surface area contributed by atoms with Crippen LogP contribution in [0.25, 0.3) is 0 Å². The fourth-order valence-corrected chi connectivity index (χ4v) is 3.97. The smallest absolute Gasteiger partial charge is 0.350 e. The Bertz CT molecular complexity index is 1440. The molecule has 37 heavy (non-hydrogen) atoms. The quantitative estimate of drug-likeness (QED) is 0.356. The van der Waals surface area contributed by atoms with E-state index < -0.39 is 29.5 Å². The van der Waals surface area contributed by atoms with Crippen LogP contribution in [0.1, 0.15) is 16.7 Å². The van der Waals surface area contributed by atoms with Crippen molar-refractivity contribution in [1.29, 1.82) is 0 Å². The minimum atomic E-state index is -4.52. The molecule has 0 spiro atoms. The summed E-state index contributed by atoms with van der Waals surface area (Å²) in [6.45, 7) is 1.79. The van der Waals surface area contributed by atoms with Gasteiger partial charge in [0.05, 0.1) is 17.7 Å². The van der Waals surface area contributed by atoms with Crippen LogP contribution in [0.5, 0.6) is 0 Å². The highest BCUT2D eigenvalue weighted by Crippen LogP contribution is 2.33. The second kappa shape index (κ2) is 10.3. The molecule has 0 aliphatic carbocycles. The van der Waals surface area contributed by atoms with Crippen LogP contribution >= 0.6 is 23.2 Å². The van der Waals surface area contributed by atoms with Crippen LogP contribution in [0.15, 0.2) is 77.5 Å². The summed E-state index contributed by atoms with van der Waals surface area (Å²) in [4.78, 5) is 38.8. The van der Waals surface area contributed by atoms with Crippen LogP contribution in [0.3, 0.4) is 0 Å². The van der Waals surface area contributed by atoms with E-state index in [0.717, 1.165) is 22.6 Å². The van der Waals surface area contributed by atoms with E-state index in [1.54, 1.807) is 43.3 Å². The Morgan fingerprint density at radius 3 is 2.27 bits per heavy atom. The minimum Gasteiger partial charge on any atom is -0.350 e. The molecule has 1 aliphatic rings. The van der Waals surface area contributed by atoms with E-state index in [1.807, 2.05) is 0 Å². The van der Waals surface area contributed by atoms with E-state index in [4.69, 9.17) is 23.2 Å². The van der Waals surface area contributed by atoms with Gasteiger partial charge in [-0.3, -0.25) is 14.4 Å². The molecule has 190 valence electrons. The Labute approximate surface area is 219 Å². The van der Waals surface area contributed by atoms with Gasteiger partial charge in [0.15, 0.2) is 0 Å². The third-order valence-corrected chi connectivity index (χ3v) is 6.26. The maximum absolute atomic E-state index is 12.9. The van der Waals surface area contributed by atoms with Gasteiger partial charge in [0.25, 0.3) is 11.8 Å². The Morgan fingerprint density at radius 2 is 1.62 bits per heavy atom. The molecule has 0 atom stereocenters. The van der Waals surface area contributed by atoms with Crippen LogP contribution in [0.4, 0.5) is 30.2 Å². The van der Waals surface area contributed by atoms with Crippen molar-refractivity contribution in [3.63, 3.8) is 0 Å². The summed E-state index contributed by atoms with van der Waals surface area (Å²) in [5.41, 5.74) is 1.12. The predicted octanol–water partition coefficient (Wildman–Crippen LogP) is 6.28. The molecule has 11 heteroatoms. The summed E-state index contributed by atoms with van der Waals surface area (Å²) >= 11 is 12.3. The van der Waals surface area contributed by atoms with Crippen LogP contribution in [0.2, 0.25) is 5.02 Å². The first-order chi connectivity index (χ1) is 17.4. The van der Waals surface area contributed by atoms with Gasteiger partial charge in [0.2, 0.25) is 5.91 Å². The van der Waals surface area contributed by atoms with Crippen molar-refractivity contribution in [2.24, 2.45) is 0 Å². The standard InChI is InChI=1S/C26H18Cl2F3N3O3/c1-14-5-10-19(13-20(14)27)34-24(36)22(28)23(25(34)37)33-17-8-6-15(7-9-17)11-21(35)32-18-4-2-3-16(12-18)26(29,30)31/h2-10,12-13,33H,11H2,1H3,(H,32,35). The van der Waals surface area contributed by atoms with Gasteiger partial charge in [-0.05, 0) is 60.5 Å². The Kier molecular flexibility index (Phi) is 7.29. The summed E-state index contributed by atoms with van der Waals surface area (Å²) in [6.07, 6.45) is -4.61. The number of carbonyl (C=O) groups is 3. The first-order valence-corrected chi connectivity index (χ1v) is 11.6. The molecular formula is C26H18Cl2F3N3O3. The van der Waals surface area contributed by atoms with Gasteiger partial charge < -0.3 is 10.6 Å². The molecule has 0 aromatic heterocycles. The molecule has 2 N–H and O–H groups in total. The third-order valence-electron chi connectivity index (χ3n) is 5.50. The number of halogens is 5. The highest BCUT2D eigenvalue weighted by molar-refractivity contribution is 6.53. The maximum atomic E-state index is 12.9. The molecule has 1 heterocycles. The van der Waals surface area contributed by atoms with Crippen LogP contribution in [-0.2, 0) is 27.0 Å². The van der Waals surface area contributed by atoms with Crippen molar-refractivity contribution in [2.75, 3.05) is 15.5 Å². The molecule has 3 aromatic rings. The fourth-order valence-electron chi connectivity index (χ4n) is 3.58. The number of nitrogens with zero attached hydrogens (tertiary/aromatic N) is 1. The number of amides is 3. The summed E-state index contributed by atoms with van der Waals surface area (Å²) in [7, 11) is 0. The zero-order valence-corrected chi connectivity index (χ0v) is 20.6. The average molecular weight is 548 g/mol. The van der Waals surface area contributed by atoms with Crippen molar-refractivity contribution in [3.05, 3.63) is 99.2 Å². The molecular weight excluding hydrogens is 530 g/mol. The summed E-state index contributed by atoms with van der Waals surface area (Å²) in [6, 6.07) is 15.5. The number of carbonyl (C=O) groups excluding carboxylic acids is 3. The van der Waals surface area contributed by atoms with Gasteiger partial charge in [-0.1, -0.05) is 47.5 Å². The van der Waals surface area contributed by atoms with Crippen LogP contribution < -0.4 is 15.5 Å². The number of hydrogen-bond acceptors (Lipinski definition) is 4. The minimum absolute atomic E-state index is 0.0310. The second-order valence-electron chi connectivity index (χ2n) is 8.19. The normalized spacial score (nSPS) is 13.8. The van der Waals surface area contributed by atoms with E-state index in [-0.39, 0.29) is 28.5 Å².